The highest BCUT2D eigenvalue weighted by molar-refractivity contribution is 6.30. The summed E-state index contributed by atoms with van der Waals surface area (Å²) in [6.07, 6.45) is 0.830. The van der Waals surface area contributed by atoms with E-state index in [0.717, 1.165) is 19.5 Å². The predicted octanol–water partition coefficient (Wildman–Crippen LogP) is 2.70. The number of ether oxygens (including phenoxy) is 1. The third kappa shape index (κ3) is 4.01. The zero-order valence-corrected chi connectivity index (χ0v) is 12.3. The summed E-state index contributed by atoms with van der Waals surface area (Å²) in [6.45, 7) is 5.16. The molecule has 0 saturated carbocycles. The van der Waals surface area contributed by atoms with Crippen LogP contribution in [0.3, 0.4) is 0 Å². The summed E-state index contributed by atoms with van der Waals surface area (Å²) in [6, 6.07) is 4.47. The quantitative estimate of drug-likeness (QED) is 0.837. The zero-order chi connectivity index (χ0) is 14.5. The molecule has 0 bridgehead atoms. The number of carbonyl (C=O) groups is 1. The third-order valence-electron chi connectivity index (χ3n) is 3.41. The van der Waals surface area contributed by atoms with Crippen molar-refractivity contribution in [2.45, 2.75) is 25.9 Å². The molecular formula is C15H19ClFNO2. The molecule has 1 unspecified atom stereocenters. The Hall–Kier alpha value is -0.970. The molecule has 0 aromatic heterocycles. The molecule has 3 nitrogen and oxygen atoms in total. The van der Waals surface area contributed by atoms with Gasteiger partial charge in [0.05, 0.1) is 11.6 Å². The van der Waals surface area contributed by atoms with Crippen LogP contribution >= 0.6 is 11.6 Å². The molecular weight excluding hydrogens is 281 g/mol. The average molecular weight is 300 g/mol. The van der Waals surface area contributed by atoms with E-state index >= 15 is 0 Å². The van der Waals surface area contributed by atoms with E-state index in [1.54, 1.807) is 6.07 Å². The van der Waals surface area contributed by atoms with Crippen molar-refractivity contribution in [3.05, 3.63) is 34.6 Å². The van der Waals surface area contributed by atoms with Crippen LogP contribution in [0.15, 0.2) is 18.2 Å². The van der Waals surface area contributed by atoms with E-state index in [1.165, 1.54) is 12.1 Å². The number of nitrogens with zero attached hydrogens (tertiary/aromatic N) is 1. The van der Waals surface area contributed by atoms with Crippen molar-refractivity contribution in [3.8, 4) is 0 Å². The molecule has 0 N–H and O–H groups in total. The molecule has 0 aliphatic carbocycles. The average Bonchev–Trinajstić information content (AvgIpc) is 2.43. The first-order valence-electron chi connectivity index (χ1n) is 6.90. The maximum absolute atomic E-state index is 13.4. The number of hydrogen-bond acceptors (Lipinski definition) is 3. The fourth-order valence-electron chi connectivity index (χ4n) is 2.38. The van der Waals surface area contributed by atoms with Crippen molar-refractivity contribution in [1.82, 2.24) is 4.90 Å². The van der Waals surface area contributed by atoms with Crippen molar-refractivity contribution in [2.24, 2.45) is 0 Å². The van der Waals surface area contributed by atoms with Gasteiger partial charge >= 0.3 is 0 Å². The Morgan fingerprint density at radius 1 is 1.55 bits per heavy atom. The maximum atomic E-state index is 13.4. The smallest absolute Gasteiger partial charge is 0.167 e. The summed E-state index contributed by atoms with van der Waals surface area (Å²) in [5.41, 5.74) is 0.633. The van der Waals surface area contributed by atoms with E-state index in [1.807, 2.05) is 0 Å². The van der Waals surface area contributed by atoms with Crippen LogP contribution in [0.1, 0.15) is 18.9 Å². The Morgan fingerprint density at radius 2 is 2.35 bits per heavy atom. The molecule has 1 saturated heterocycles. The SMILES string of the molecule is CCCN1CCOC(C(=O)Cc2ccc(Cl)c(F)c2)C1. The fourth-order valence-corrected chi connectivity index (χ4v) is 2.50. The lowest BCUT2D eigenvalue weighted by Crippen LogP contribution is -2.46. The summed E-state index contributed by atoms with van der Waals surface area (Å²) in [5, 5.41) is 0.0734. The Balaban J connectivity index is 1.95. The van der Waals surface area contributed by atoms with Gasteiger partial charge in [0.1, 0.15) is 11.9 Å². The Morgan fingerprint density at radius 3 is 3.05 bits per heavy atom. The minimum absolute atomic E-state index is 0.00692. The molecule has 1 aliphatic heterocycles. The van der Waals surface area contributed by atoms with Gasteiger partial charge in [0.25, 0.3) is 0 Å². The van der Waals surface area contributed by atoms with Crippen molar-refractivity contribution >= 4 is 17.4 Å². The van der Waals surface area contributed by atoms with E-state index < -0.39 is 11.9 Å². The molecule has 1 fully saturated rings. The van der Waals surface area contributed by atoms with Crippen LogP contribution in [0.4, 0.5) is 4.39 Å². The van der Waals surface area contributed by atoms with Crippen LogP contribution in [-0.2, 0) is 16.0 Å². The van der Waals surface area contributed by atoms with Gasteiger partial charge in [0.15, 0.2) is 5.78 Å². The minimum atomic E-state index is -0.492. The molecule has 1 aliphatic rings. The second kappa shape index (κ2) is 7.16. The van der Waals surface area contributed by atoms with Crippen LogP contribution in [0.2, 0.25) is 5.02 Å². The lowest BCUT2D eigenvalue weighted by molar-refractivity contribution is -0.135. The summed E-state index contributed by atoms with van der Waals surface area (Å²) in [4.78, 5) is 14.4. The summed E-state index contributed by atoms with van der Waals surface area (Å²) >= 11 is 5.63. The minimum Gasteiger partial charge on any atom is -0.368 e. The largest absolute Gasteiger partial charge is 0.368 e. The highest BCUT2D eigenvalue weighted by Gasteiger charge is 2.26. The van der Waals surface area contributed by atoms with Gasteiger partial charge in [-0.3, -0.25) is 9.69 Å². The highest BCUT2D eigenvalue weighted by Crippen LogP contribution is 2.17. The van der Waals surface area contributed by atoms with Crippen molar-refractivity contribution in [3.63, 3.8) is 0 Å². The molecule has 0 amide bonds. The predicted molar refractivity (Wildman–Crippen MR) is 76.6 cm³/mol. The molecule has 1 heterocycles. The van der Waals surface area contributed by atoms with Gasteiger partial charge in [-0.25, -0.2) is 4.39 Å². The first-order chi connectivity index (χ1) is 9.60. The number of carbonyl (C=O) groups excluding carboxylic acids is 1. The Bertz CT molecular complexity index is 479. The van der Waals surface area contributed by atoms with Crippen LogP contribution in [0, 0.1) is 5.82 Å². The second-order valence-electron chi connectivity index (χ2n) is 5.05. The molecule has 2 rings (SSSR count). The molecule has 110 valence electrons. The maximum Gasteiger partial charge on any atom is 0.167 e. The van der Waals surface area contributed by atoms with Crippen LogP contribution in [0.5, 0.6) is 0 Å². The molecule has 20 heavy (non-hydrogen) atoms. The van der Waals surface area contributed by atoms with Crippen molar-refractivity contribution in [1.29, 1.82) is 0 Å². The lowest BCUT2D eigenvalue weighted by atomic mass is 10.0. The van der Waals surface area contributed by atoms with E-state index in [9.17, 15) is 9.18 Å². The number of morpholine rings is 1. The van der Waals surface area contributed by atoms with Gasteiger partial charge in [-0.15, -0.1) is 0 Å². The standard InChI is InChI=1S/C15H19ClFNO2/c1-2-5-18-6-7-20-15(10-18)14(19)9-11-3-4-12(16)13(17)8-11/h3-4,8,15H,2,5-7,9-10H2,1H3. The lowest BCUT2D eigenvalue weighted by Gasteiger charge is -2.31. The van der Waals surface area contributed by atoms with E-state index in [0.29, 0.717) is 18.7 Å². The normalized spacial score (nSPS) is 20.1. The summed E-state index contributed by atoms with van der Waals surface area (Å²) < 4.78 is 18.9. The zero-order valence-electron chi connectivity index (χ0n) is 11.6. The second-order valence-corrected chi connectivity index (χ2v) is 5.46. The van der Waals surface area contributed by atoms with Crippen molar-refractivity contribution < 1.29 is 13.9 Å². The molecule has 1 aromatic rings. The summed E-state index contributed by atoms with van der Waals surface area (Å²) in [5.74, 6) is -0.498. The van der Waals surface area contributed by atoms with Crippen LogP contribution < -0.4 is 0 Å². The number of hydrogen-bond donors (Lipinski definition) is 0. The van der Waals surface area contributed by atoms with Crippen LogP contribution in [-0.4, -0.2) is 43.0 Å². The Kier molecular flexibility index (Phi) is 5.52. The third-order valence-corrected chi connectivity index (χ3v) is 3.72. The molecule has 5 heteroatoms. The van der Waals surface area contributed by atoms with Gasteiger partial charge in [-0.1, -0.05) is 24.6 Å². The number of benzene rings is 1. The molecule has 1 atom stereocenters. The number of ketones is 1. The van der Waals surface area contributed by atoms with E-state index in [2.05, 4.69) is 11.8 Å². The van der Waals surface area contributed by atoms with Gasteiger partial charge in [-0.05, 0) is 30.7 Å². The summed E-state index contributed by atoms with van der Waals surface area (Å²) in [7, 11) is 0. The highest BCUT2D eigenvalue weighted by atomic mass is 35.5. The molecule has 0 radical (unpaired) electrons. The topological polar surface area (TPSA) is 29.5 Å². The van der Waals surface area contributed by atoms with Gasteiger partial charge < -0.3 is 4.74 Å². The number of halogens is 2. The molecule has 1 aromatic carbocycles. The fraction of sp³-hybridized carbons (Fsp3) is 0.533. The van der Waals surface area contributed by atoms with Crippen LogP contribution in [0.25, 0.3) is 0 Å². The molecule has 0 spiro atoms. The van der Waals surface area contributed by atoms with Gasteiger partial charge in [0.2, 0.25) is 0 Å². The number of rotatable bonds is 5. The monoisotopic (exact) mass is 299 g/mol. The van der Waals surface area contributed by atoms with E-state index in [4.69, 9.17) is 16.3 Å². The first kappa shape index (κ1) is 15.4. The first-order valence-corrected chi connectivity index (χ1v) is 7.28. The van der Waals surface area contributed by atoms with Crippen molar-refractivity contribution in [2.75, 3.05) is 26.2 Å². The number of Topliss-reactive ketones (excluding diaryl/α,β-unsaturated/α-hetero) is 1. The Labute approximate surface area is 123 Å². The van der Waals surface area contributed by atoms with Gasteiger partial charge in [-0.2, -0.15) is 0 Å². The van der Waals surface area contributed by atoms with E-state index in [-0.39, 0.29) is 17.2 Å². The van der Waals surface area contributed by atoms with Gasteiger partial charge in [0, 0.05) is 19.5 Å².